The molecule has 2 rings (SSSR count). The van der Waals surface area contributed by atoms with Crippen LogP contribution >= 0.6 is 12.2 Å². The molecule has 1 aromatic rings. The molecule has 1 aliphatic rings. The van der Waals surface area contributed by atoms with E-state index in [1.54, 1.807) is 7.11 Å². The zero-order valence-electron chi connectivity index (χ0n) is 12.3. The van der Waals surface area contributed by atoms with Gasteiger partial charge >= 0.3 is 0 Å². The fourth-order valence-electron chi connectivity index (χ4n) is 2.87. The summed E-state index contributed by atoms with van der Waals surface area (Å²) >= 11 is 5.27. The topological polar surface area (TPSA) is 38.5 Å². The van der Waals surface area contributed by atoms with Crippen LogP contribution in [0.25, 0.3) is 0 Å². The summed E-state index contributed by atoms with van der Waals surface area (Å²) < 4.78 is 5.58. The smallest absolute Gasteiger partial charge is 0.0816 e. The van der Waals surface area contributed by atoms with Crippen molar-refractivity contribution in [3.63, 3.8) is 0 Å². The maximum absolute atomic E-state index is 5.95. The van der Waals surface area contributed by atoms with Crippen LogP contribution in [0.5, 0.6) is 0 Å². The maximum Gasteiger partial charge on any atom is 0.0816 e. The molecule has 0 radical (unpaired) electrons. The summed E-state index contributed by atoms with van der Waals surface area (Å²) in [6.07, 6.45) is 1.48. The lowest BCUT2D eigenvalue weighted by Gasteiger charge is -2.37. The molecule has 3 nitrogen and oxygen atoms in total. The molecule has 0 bridgehead atoms. The highest BCUT2D eigenvalue weighted by atomic mass is 32.1. The second-order valence-corrected chi connectivity index (χ2v) is 6.14. The van der Waals surface area contributed by atoms with E-state index >= 15 is 0 Å². The number of benzene rings is 1. The van der Waals surface area contributed by atoms with Gasteiger partial charge in [-0.2, -0.15) is 0 Å². The second-order valence-electron chi connectivity index (χ2n) is 5.67. The Morgan fingerprint density at radius 3 is 2.75 bits per heavy atom. The molecule has 1 aromatic carbocycles. The third-order valence-corrected chi connectivity index (χ3v) is 4.55. The van der Waals surface area contributed by atoms with E-state index < -0.39 is 0 Å². The van der Waals surface area contributed by atoms with E-state index in [1.165, 1.54) is 5.56 Å². The van der Waals surface area contributed by atoms with Crippen LogP contribution in [0.1, 0.15) is 24.8 Å². The number of nitrogens with two attached hydrogens (primary N) is 1. The number of hydrogen-bond donors (Lipinski definition) is 1. The van der Waals surface area contributed by atoms with Crippen molar-refractivity contribution >= 4 is 17.2 Å². The Hall–Kier alpha value is -0.970. The third kappa shape index (κ3) is 3.78. The van der Waals surface area contributed by atoms with Crippen molar-refractivity contribution in [3.05, 3.63) is 35.9 Å². The van der Waals surface area contributed by atoms with Gasteiger partial charge in [-0.25, -0.2) is 0 Å². The van der Waals surface area contributed by atoms with Crippen LogP contribution in [-0.2, 0) is 4.74 Å². The summed E-state index contributed by atoms with van der Waals surface area (Å²) in [5.41, 5.74) is 7.16. The van der Waals surface area contributed by atoms with Crippen LogP contribution in [-0.4, -0.2) is 42.7 Å². The van der Waals surface area contributed by atoms with Crippen LogP contribution in [0.4, 0.5) is 0 Å². The molecule has 1 heterocycles. The van der Waals surface area contributed by atoms with Crippen molar-refractivity contribution in [1.82, 2.24) is 4.90 Å². The molecule has 1 aliphatic heterocycles. The van der Waals surface area contributed by atoms with E-state index in [1.807, 2.05) is 18.2 Å². The second kappa shape index (κ2) is 7.16. The third-order valence-electron chi connectivity index (χ3n) is 4.26. The first-order valence-electron chi connectivity index (χ1n) is 7.21. The van der Waals surface area contributed by atoms with Crippen molar-refractivity contribution < 1.29 is 4.74 Å². The number of methoxy groups -OCH3 is 1. The maximum atomic E-state index is 5.95. The van der Waals surface area contributed by atoms with Gasteiger partial charge < -0.3 is 10.5 Å². The molecule has 110 valence electrons. The molecule has 0 saturated carbocycles. The minimum absolute atomic E-state index is 0.122. The molecule has 1 saturated heterocycles. The molecular weight excluding hydrogens is 268 g/mol. The SMILES string of the molecule is COC1CN(CC(C(N)=S)c2ccccc2)CCC1C. The Morgan fingerprint density at radius 1 is 1.45 bits per heavy atom. The van der Waals surface area contributed by atoms with E-state index in [0.29, 0.717) is 17.0 Å². The van der Waals surface area contributed by atoms with Gasteiger partial charge in [-0.3, -0.25) is 4.90 Å². The van der Waals surface area contributed by atoms with Crippen molar-refractivity contribution in [2.45, 2.75) is 25.4 Å². The number of hydrogen-bond acceptors (Lipinski definition) is 3. The Morgan fingerprint density at radius 2 is 2.15 bits per heavy atom. The number of piperidine rings is 1. The molecule has 3 unspecified atom stereocenters. The Kier molecular flexibility index (Phi) is 5.52. The number of likely N-dealkylation sites (tertiary alicyclic amines) is 1. The van der Waals surface area contributed by atoms with Crippen LogP contribution in [0.15, 0.2) is 30.3 Å². The quantitative estimate of drug-likeness (QED) is 0.846. The average Bonchev–Trinajstić information content (AvgIpc) is 2.47. The molecule has 0 aromatic heterocycles. The standard InChI is InChI=1S/C16H24N2OS/c1-12-8-9-18(11-15(12)19-2)10-14(16(17)20)13-6-4-3-5-7-13/h3-7,12,14-15H,8-11H2,1-2H3,(H2,17,20). The first-order chi connectivity index (χ1) is 9.61. The summed E-state index contributed by atoms with van der Waals surface area (Å²) in [6, 6.07) is 10.3. The van der Waals surface area contributed by atoms with E-state index in [4.69, 9.17) is 22.7 Å². The van der Waals surface area contributed by atoms with E-state index in [0.717, 1.165) is 26.1 Å². The summed E-state index contributed by atoms with van der Waals surface area (Å²) in [6.45, 7) is 5.19. The predicted octanol–water partition coefficient (Wildman–Crippen LogP) is 2.41. The van der Waals surface area contributed by atoms with Gasteiger partial charge in [0.1, 0.15) is 0 Å². The normalized spacial score (nSPS) is 25.3. The molecule has 20 heavy (non-hydrogen) atoms. The van der Waals surface area contributed by atoms with Gasteiger partial charge in [-0.1, -0.05) is 49.5 Å². The fourth-order valence-corrected chi connectivity index (χ4v) is 3.08. The highest BCUT2D eigenvalue weighted by molar-refractivity contribution is 7.80. The lowest BCUT2D eigenvalue weighted by molar-refractivity contribution is -0.00509. The molecule has 2 N–H and O–H groups in total. The zero-order valence-corrected chi connectivity index (χ0v) is 13.1. The molecule has 0 spiro atoms. The van der Waals surface area contributed by atoms with Crippen molar-refractivity contribution in [3.8, 4) is 0 Å². The van der Waals surface area contributed by atoms with Gasteiger partial charge in [0.15, 0.2) is 0 Å². The van der Waals surface area contributed by atoms with Crippen molar-refractivity contribution in [1.29, 1.82) is 0 Å². The van der Waals surface area contributed by atoms with Crippen LogP contribution < -0.4 is 5.73 Å². The minimum Gasteiger partial charge on any atom is -0.393 e. The predicted molar refractivity (Wildman–Crippen MR) is 87.0 cm³/mol. The minimum atomic E-state index is 0.122. The average molecular weight is 292 g/mol. The van der Waals surface area contributed by atoms with Gasteiger partial charge in [-0.05, 0) is 24.4 Å². The zero-order chi connectivity index (χ0) is 14.5. The molecule has 4 heteroatoms. The molecule has 0 amide bonds. The van der Waals surface area contributed by atoms with E-state index in [-0.39, 0.29) is 5.92 Å². The number of thiocarbonyl (C=S) groups is 1. The first kappa shape index (κ1) is 15.4. The largest absolute Gasteiger partial charge is 0.393 e. The Balaban J connectivity index is 2.04. The van der Waals surface area contributed by atoms with Gasteiger partial charge in [-0.15, -0.1) is 0 Å². The van der Waals surface area contributed by atoms with Crippen LogP contribution in [0, 0.1) is 5.92 Å². The first-order valence-corrected chi connectivity index (χ1v) is 7.62. The number of rotatable bonds is 5. The highest BCUT2D eigenvalue weighted by Crippen LogP contribution is 2.23. The summed E-state index contributed by atoms with van der Waals surface area (Å²) in [4.78, 5) is 2.99. The van der Waals surface area contributed by atoms with Gasteiger partial charge in [0, 0.05) is 26.1 Å². The number of nitrogens with zero attached hydrogens (tertiary/aromatic N) is 1. The van der Waals surface area contributed by atoms with Gasteiger partial charge in [0.2, 0.25) is 0 Å². The lowest BCUT2D eigenvalue weighted by atomic mass is 9.93. The summed E-state index contributed by atoms with van der Waals surface area (Å²) in [5.74, 6) is 0.744. The van der Waals surface area contributed by atoms with Crippen LogP contribution in [0.2, 0.25) is 0 Å². The van der Waals surface area contributed by atoms with Gasteiger partial charge in [0.25, 0.3) is 0 Å². The molecular formula is C16H24N2OS. The lowest BCUT2D eigenvalue weighted by Crippen LogP contribution is -2.46. The van der Waals surface area contributed by atoms with E-state index in [2.05, 4.69) is 24.0 Å². The van der Waals surface area contributed by atoms with E-state index in [9.17, 15) is 0 Å². The fraction of sp³-hybridized carbons (Fsp3) is 0.562. The van der Waals surface area contributed by atoms with Crippen molar-refractivity contribution in [2.24, 2.45) is 11.7 Å². The Labute approximate surface area is 127 Å². The Bertz CT molecular complexity index is 437. The summed E-state index contributed by atoms with van der Waals surface area (Å²) in [7, 11) is 1.80. The van der Waals surface area contributed by atoms with Crippen LogP contribution in [0.3, 0.4) is 0 Å². The molecule has 1 fully saturated rings. The van der Waals surface area contributed by atoms with Crippen molar-refractivity contribution in [2.75, 3.05) is 26.7 Å². The monoisotopic (exact) mass is 292 g/mol. The highest BCUT2D eigenvalue weighted by Gasteiger charge is 2.28. The number of ether oxygens (including phenoxy) is 1. The summed E-state index contributed by atoms with van der Waals surface area (Å²) in [5, 5.41) is 0. The van der Waals surface area contributed by atoms with Gasteiger partial charge in [0.05, 0.1) is 11.1 Å². The molecule has 3 atom stereocenters. The molecule has 0 aliphatic carbocycles.